The first-order chi connectivity index (χ1) is 9.45. The quantitative estimate of drug-likeness (QED) is 0.584. The van der Waals surface area contributed by atoms with Gasteiger partial charge in [-0.25, -0.2) is 4.98 Å². The Morgan fingerprint density at radius 2 is 1.80 bits per heavy atom. The first-order valence-electron chi connectivity index (χ1n) is 6.61. The summed E-state index contributed by atoms with van der Waals surface area (Å²) in [6.07, 6.45) is 0. The molecule has 0 unspecified atom stereocenters. The standard InChI is InChI=1S/C17H16BrNO/c1-17(2,3)11-8-9-15-14(10-11)19-16(20-15)12-6-4-5-7-13(12)18/h4-10H,1-3H3. The van der Waals surface area contributed by atoms with Crippen molar-refractivity contribution in [3.63, 3.8) is 0 Å². The van der Waals surface area contributed by atoms with Gasteiger partial charge in [-0.1, -0.05) is 39.0 Å². The van der Waals surface area contributed by atoms with Crippen molar-refractivity contribution in [2.75, 3.05) is 0 Å². The first kappa shape index (κ1) is 13.4. The molecule has 0 N–H and O–H groups in total. The zero-order valence-electron chi connectivity index (χ0n) is 11.8. The van der Waals surface area contributed by atoms with Gasteiger partial charge < -0.3 is 4.42 Å². The minimum Gasteiger partial charge on any atom is -0.436 e. The molecule has 0 aliphatic rings. The molecule has 1 heterocycles. The van der Waals surface area contributed by atoms with Crippen LogP contribution in [-0.4, -0.2) is 4.98 Å². The Morgan fingerprint density at radius 1 is 1.05 bits per heavy atom. The molecule has 3 heteroatoms. The molecule has 0 atom stereocenters. The maximum absolute atomic E-state index is 5.86. The molecule has 0 saturated carbocycles. The van der Waals surface area contributed by atoms with Crippen LogP contribution in [0.15, 0.2) is 51.4 Å². The zero-order valence-corrected chi connectivity index (χ0v) is 13.4. The van der Waals surface area contributed by atoms with Gasteiger partial charge in [-0.05, 0) is 51.2 Å². The van der Waals surface area contributed by atoms with E-state index in [0.717, 1.165) is 21.1 Å². The highest BCUT2D eigenvalue weighted by Crippen LogP contribution is 2.32. The molecule has 0 fully saturated rings. The van der Waals surface area contributed by atoms with Crippen LogP contribution in [-0.2, 0) is 5.41 Å². The highest BCUT2D eigenvalue weighted by Gasteiger charge is 2.16. The molecule has 0 amide bonds. The summed E-state index contributed by atoms with van der Waals surface area (Å²) >= 11 is 3.54. The SMILES string of the molecule is CC(C)(C)c1ccc2oc(-c3ccccc3Br)nc2c1. The number of hydrogen-bond acceptors (Lipinski definition) is 2. The normalized spacial score (nSPS) is 12.0. The molecule has 0 aliphatic heterocycles. The third-order valence-corrected chi connectivity index (χ3v) is 4.05. The molecule has 3 rings (SSSR count). The van der Waals surface area contributed by atoms with Crippen molar-refractivity contribution in [2.45, 2.75) is 26.2 Å². The Balaban J connectivity index is 2.14. The van der Waals surface area contributed by atoms with Gasteiger partial charge in [0.1, 0.15) is 5.52 Å². The Hall–Kier alpha value is -1.61. The molecule has 20 heavy (non-hydrogen) atoms. The highest BCUT2D eigenvalue weighted by molar-refractivity contribution is 9.10. The Kier molecular flexibility index (Phi) is 3.17. The van der Waals surface area contributed by atoms with Crippen LogP contribution >= 0.6 is 15.9 Å². The van der Waals surface area contributed by atoms with Crippen molar-refractivity contribution in [3.05, 3.63) is 52.5 Å². The third-order valence-electron chi connectivity index (χ3n) is 3.36. The number of rotatable bonds is 1. The average Bonchev–Trinajstić information content (AvgIpc) is 2.80. The van der Waals surface area contributed by atoms with E-state index in [4.69, 9.17) is 4.42 Å². The van der Waals surface area contributed by atoms with Gasteiger partial charge in [0.25, 0.3) is 0 Å². The van der Waals surface area contributed by atoms with Gasteiger partial charge in [0.05, 0.1) is 5.56 Å². The largest absolute Gasteiger partial charge is 0.436 e. The van der Waals surface area contributed by atoms with E-state index < -0.39 is 0 Å². The van der Waals surface area contributed by atoms with E-state index in [1.54, 1.807) is 0 Å². The van der Waals surface area contributed by atoms with E-state index in [0.29, 0.717) is 5.89 Å². The minimum atomic E-state index is 0.112. The molecule has 0 aliphatic carbocycles. The lowest BCUT2D eigenvalue weighted by atomic mass is 9.87. The average molecular weight is 330 g/mol. The maximum Gasteiger partial charge on any atom is 0.228 e. The van der Waals surface area contributed by atoms with E-state index >= 15 is 0 Å². The van der Waals surface area contributed by atoms with Crippen LogP contribution in [0.25, 0.3) is 22.6 Å². The van der Waals surface area contributed by atoms with Gasteiger partial charge in [0.2, 0.25) is 5.89 Å². The number of aromatic nitrogens is 1. The van der Waals surface area contributed by atoms with Crippen molar-refractivity contribution in [1.29, 1.82) is 0 Å². The molecule has 0 saturated heterocycles. The van der Waals surface area contributed by atoms with E-state index in [2.05, 4.69) is 53.8 Å². The molecule has 2 aromatic carbocycles. The Morgan fingerprint density at radius 3 is 2.50 bits per heavy atom. The van der Waals surface area contributed by atoms with Crippen LogP contribution < -0.4 is 0 Å². The number of benzene rings is 2. The topological polar surface area (TPSA) is 26.0 Å². The molecule has 0 bridgehead atoms. The monoisotopic (exact) mass is 329 g/mol. The second kappa shape index (κ2) is 4.74. The van der Waals surface area contributed by atoms with Crippen molar-refractivity contribution in [1.82, 2.24) is 4.98 Å². The second-order valence-electron chi connectivity index (χ2n) is 5.93. The van der Waals surface area contributed by atoms with Crippen LogP contribution in [0.2, 0.25) is 0 Å². The van der Waals surface area contributed by atoms with Gasteiger partial charge in [0, 0.05) is 4.47 Å². The number of fused-ring (bicyclic) bond motifs is 1. The fourth-order valence-corrected chi connectivity index (χ4v) is 2.60. The molecule has 0 radical (unpaired) electrons. The maximum atomic E-state index is 5.86. The minimum absolute atomic E-state index is 0.112. The summed E-state index contributed by atoms with van der Waals surface area (Å²) < 4.78 is 6.85. The summed E-state index contributed by atoms with van der Waals surface area (Å²) in [4.78, 5) is 4.62. The van der Waals surface area contributed by atoms with Gasteiger partial charge in [-0.3, -0.25) is 0 Å². The van der Waals surface area contributed by atoms with Crippen molar-refractivity contribution in [2.24, 2.45) is 0 Å². The number of halogens is 1. The first-order valence-corrected chi connectivity index (χ1v) is 7.40. The lowest BCUT2D eigenvalue weighted by Gasteiger charge is -2.18. The summed E-state index contributed by atoms with van der Waals surface area (Å²) in [7, 11) is 0. The summed E-state index contributed by atoms with van der Waals surface area (Å²) in [6, 6.07) is 14.2. The number of nitrogens with zero attached hydrogens (tertiary/aromatic N) is 1. The van der Waals surface area contributed by atoms with Crippen molar-refractivity contribution in [3.8, 4) is 11.5 Å². The molecule has 0 spiro atoms. The van der Waals surface area contributed by atoms with E-state index in [-0.39, 0.29) is 5.41 Å². The van der Waals surface area contributed by atoms with Crippen LogP contribution in [0.5, 0.6) is 0 Å². The molecule has 1 aromatic heterocycles. The van der Waals surface area contributed by atoms with Gasteiger partial charge in [-0.2, -0.15) is 0 Å². The van der Waals surface area contributed by atoms with E-state index in [1.165, 1.54) is 5.56 Å². The predicted molar refractivity (Wildman–Crippen MR) is 85.8 cm³/mol. The lowest BCUT2D eigenvalue weighted by Crippen LogP contribution is -2.10. The molecule has 102 valence electrons. The highest BCUT2D eigenvalue weighted by atomic mass is 79.9. The third kappa shape index (κ3) is 2.38. The summed E-state index contributed by atoms with van der Waals surface area (Å²) in [6.45, 7) is 6.59. The molecule has 3 aromatic rings. The molecular weight excluding hydrogens is 314 g/mol. The van der Waals surface area contributed by atoms with Crippen molar-refractivity contribution >= 4 is 27.0 Å². The predicted octanol–water partition coefficient (Wildman–Crippen LogP) is 5.55. The lowest BCUT2D eigenvalue weighted by molar-refractivity contribution is 0.590. The number of hydrogen-bond donors (Lipinski definition) is 0. The summed E-state index contributed by atoms with van der Waals surface area (Å²) in [5.41, 5.74) is 4.07. The smallest absolute Gasteiger partial charge is 0.228 e. The summed E-state index contributed by atoms with van der Waals surface area (Å²) in [5, 5.41) is 0. The van der Waals surface area contributed by atoms with E-state index in [1.807, 2.05) is 30.3 Å². The Bertz CT molecular complexity index is 768. The fraction of sp³-hybridized carbons (Fsp3) is 0.235. The molecule has 2 nitrogen and oxygen atoms in total. The van der Waals surface area contributed by atoms with Gasteiger partial charge in [-0.15, -0.1) is 0 Å². The summed E-state index contributed by atoms with van der Waals surface area (Å²) in [5.74, 6) is 0.651. The second-order valence-corrected chi connectivity index (χ2v) is 6.79. The Labute approximate surface area is 127 Å². The van der Waals surface area contributed by atoms with Crippen LogP contribution in [0.1, 0.15) is 26.3 Å². The van der Waals surface area contributed by atoms with Crippen molar-refractivity contribution < 1.29 is 4.42 Å². The molecular formula is C17H16BrNO. The zero-order chi connectivity index (χ0) is 14.3. The van der Waals surface area contributed by atoms with Gasteiger partial charge in [0.15, 0.2) is 5.58 Å². The van der Waals surface area contributed by atoms with Gasteiger partial charge >= 0.3 is 0 Å². The fourth-order valence-electron chi connectivity index (χ4n) is 2.14. The van der Waals surface area contributed by atoms with Crippen LogP contribution in [0, 0.1) is 0 Å². The van der Waals surface area contributed by atoms with Crippen LogP contribution in [0.4, 0.5) is 0 Å². The van der Waals surface area contributed by atoms with E-state index in [9.17, 15) is 0 Å². The van der Waals surface area contributed by atoms with Crippen LogP contribution in [0.3, 0.4) is 0 Å². The number of oxazole rings is 1.